The number of carboxylic acid groups (broad SMARTS) is 1. The number of hydrogen-bond donors (Lipinski definition) is 1. The Kier molecular flexibility index (Phi) is 1.53. The number of rotatable bonds is 2. The van der Waals surface area contributed by atoms with Crippen LogP contribution in [0.3, 0.4) is 0 Å². The summed E-state index contributed by atoms with van der Waals surface area (Å²) in [6.45, 7) is 0. The van der Waals surface area contributed by atoms with Crippen molar-refractivity contribution in [1.29, 1.82) is 0 Å². The Balaban J connectivity index is 2.43. The van der Waals surface area contributed by atoms with Crippen LogP contribution in [0.1, 0.15) is 34.8 Å². The predicted octanol–water partition coefficient (Wildman–Crippen LogP) is 1.05. The largest absolute Gasteiger partial charge is 0.477 e. The first-order valence-corrected chi connectivity index (χ1v) is 3.82. The van der Waals surface area contributed by atoms with Crippen LogP contribution in [0.15, 0.2) is 12.5 Å². The normalized spacial score (nSPS) is 16.0. The Morgan fingerprint density at radius 3 is 2.92 bits per heavy atom. The Hall–Kier alpha value is -1.45. The van der Waals surface area contributed by atoms with Gasteiger partial charge in [-0.3, -0.25) is 0 Å². The summed E-state index contributed by atoms with van der Waals surface area (Å²) in [7, 11) is 0. The Morgan fingerprint density at radius 2 is 2.33 bits per heavy atom. The summed E-state index contributed by atoms with van der Waals surface area (Å²) in [5.41, 5.74) is 0.942. The number of aromatic nitrogens is 2. The monoisotopic (exact) mass is 164 g/mol. The first-order chi connectivity index (χ1) is 5.79. The molecule has 4 nitrogen and oxygen atoms in total. The van der Waals surface area contributed by atoms with Gasteiger partial charge in [0.25, 0.3) is 0 Å². The van der Waals surface area contributed by atoms with Crippen LogP contribution in [0.4, 0.5) is 0 Å². The molecule has 1 saturated carbocycles. The minimum atomic E-state index is -0.959. The van der Waals surface area contributed by atoms with E-state index in [0.717, 1.165) is 18.4 Å². The lowest BCUT2D eigenvalue weighted by Crippen LogP contribution is -2.05. The van der Waals surface area contributed by atoms with Crippen molar-refractivity contribution < 1.29 is 9.90 Å². The van der Waals surface area contributed by atoms with Crippen molar-refractivity contribution in [2.24, 2.45) is 0 Å². The molecule has 4 heteroatoms. The quantitative estimate of drug-likeness (QED) is 0.709. The van der Waals surface area contributed by atoms with Gasteiger partial charge < -0.3 is 5.11 Å². The van der Waals surface area contributed by atoms with Crippen molar-refractivity contribution in [3.8, 4) is 0 Å². The fourth-order valence-corrected chi connectivity index (χ4v) is 1.21. The summed E-state index contributed by atoms with van der Waals surface area (Å²) in [5, 5.41) is 8.75. The third-order valence-electron chi connectivity index (χ3n) is 1.96. The highest BCUT2D eigenvalue weighted by molar-refractivity contribution is 5.87. The van der Waals surface area contributed by atoms with Gasteiger partial charge in [0, 0.05) is 11.8 Å². The molecule has 1 aliphatic rings. The molecule has 62 valence electrons. The van der Waals surface area contributed by atoms with Crippen LogP contribution in [0.25, 0.3) is 0 Å². The molecule has 0 aliphatic heterocycles. The van der Waals surface area contributed by atoms with Gasteiger partial charge in [0.15, 0.2) is 5.69 Å². The molecule has 2 rings (SSSR count). The van der Waals surface area contributed by atoms with Crippen LogP contribution in [0.2, 0.25) is 0 Å². The molecule has 0 aromatic carbocycles. The van der Waals surface area contributed by atoms with Crippen molar-refractivity contribution in [3.05, 3.63) is 23.8 Å². The van der Waals surface area contributed by atoms with Gasteiger partial charge >= 0.3 is 5.97 Å². The molecule has 0 bridgehead atoms. The van der Waals surface area contributed by atoms with E-state index in [1.165, 1.54) is 6.33 Å². The fourth-order valence-electron chi connectivity index (χ4n) is 1.21. The van der Waals surface area contributed by atoms with Crippen molar-refractivity contribution in [2.45, 2.75) is 18.8 Å². The highest BCUT2D eigenvalue weighted by Gasteiger charge is 2.28. The molecular weight excluding hydrogens is 156 g/mol. The highest BCUT2D eigenvalue weighted by Crippen LogP contribution is 2.40. The molecule has 1 aliphatic carbocycles. The lowest BCUT2D eigenvalue weighted by Gasteiger charge is -1.99. The van der Waals surface area contributed by atoms with Crippen LogP contribution < -0.4 is 0 Å². The van der Waals surface area contributed by atoms with Crippen LogP contribution in [-0.4, -0.2) is 21.0 Å². The molecule has 0 atom stereocenters. The second-order valence-corrected chi connectivity index (χ2v) is 2.91. The van der Waals surface area contributed by atoms with Gasteiger partial charge in [-0.15, -0.1) is 0 Å². The lowest BCUT2D eigenvalue weighted by molar-refractivity contribution is 0.0689. The Bertz CT molecular complexity index is 321. The molecule has 1 aromatic rings. The van der Waals surface area contributed by atoms with Crippen LogP contribution in [0.5, 0.6) is 0 Å². The van der Waals surface area contributed by atoms with Crippen LogP contribution >= 0.6 is 0 Å². The summed E-state index contributed by atoms with van der Waals surface area (Å²) < 4.78 is 0. The number of aromatic carboxylic acids is 1. The minimum absolute atomic E-state index is 0.160. The Morgan fingerprint density at radius 1 is 1.58 bits per heavy atom. The van der Waals surface area contributed by atoms with Crippen molar-refractivity contribution in [2.75, 3.05) is 0 Å². The van der Waals surface area contributed by atoms with E-state index in [4.69, 9.17) is 5.11 Å². The molecule has 1 aromatic heterocycles. The maximum absolute atomic E-state index is 10.7. The maximum atomic E-state index is 10.7. The molecule has 1 fully saturated rings. The zero-order valence-electron chi connectivity index (χ0n) is 6.40. The number of hydrogen-bond acceptors (Lipinski definition) is 3. The van der Waals surface area contributed by atoms with E-state index >= 15 is 0 Å². The molecule has 0 amide bonds. The Labute approximate surface area is 69.3 Å². The van der Waals surface area contributed by atoms with Crippen LogP contribution in [-0.2, 0) is 0 Å². The zero-order chi connectivity index (χ0) is 8.55. The van der Waals surface area contributed by atoms with Crippen molar-refractivity contribution in [3.63, 3.8) is 0 Å². The smallest absolute Gasteiger partial charge is 0.354 e. The SMILES string of the molecule is O=C(O)c1ncncc1C1CC1. The van der Waals surface area contributed by atoms with Gasteiger partial charge in [0.2, 0.25) is 0 Å². The summed E-state index contributed by atoms with van der Waals surface area (Å²) >= 11 is 0. The lowest BCUT2D eigenvalue weighted by atomic mass is 10.1. The molecule has 0 spiro atoms. The zero-order valence-corrected chi connectivity index (χ0v) is 6.40. The minimum Gasteiger partial charge on any atom is -0.477 e. The fraction of sp³-hybridized carbons (Fsp3) is 0.375. The van der Waals surface area contributed by atoms with Gasteiger partial charge in [-0.25, -0.2) is 14.8 Å². The van der Waals surface area contributed by atoms with E-state index in [1.807, 2.05) is 0 Å². The summed E-state index contributed by atoms with van der Waals surface area (Å²) in [6.07, 6.45) is 5.00. The maximum Gasteiger partial charge on any atom is 0.354 e. The van der Waals surface area contributed by atoms with Crippen molar-refractivity contribution >= 4 is 5.97 Å². The molecule has 0 saturated heterocycles. The molecule has 1 heterocycles. The van der Waals surface area contributed by atoms with Gasteiger partial charge in [0.05, 0.1) is 0 Å². The topological polar surface area (TPSA) is 63.1 Å². The molecular formula is C8H8N2O2. The number of carboxylic acids is 1. The molecule has 0 radical (unpaired) electrons. The predicted molar refractivity (Wildman–Crippen MR) is 41.0 cm³/mol. The molecule has 12 heavy (non-hydrogen) atoms. The number of nitrogens with zero attached hydrogens (tertiary/aromatic N) is 2. The average Bonchev–Trinajstić information content (AvgIpc) is 2.87. The average molecular weight is 164 g/mol. The second kappa shape index (κ2) is 2.55. The second-order valence-electron chi connectivity index (χ2n) is 2.91. The van der Waals surface area contributed by atoms with Gasteiger partial charge in [-0.05, 0) is 18.8 Å². The van der Waals surface area contributed by atoms with E-state index in [1.54, 1.807) is 6.20 Å². The van der Waals surface area contributed by atoms with E-state index in [-0.39, 0.29) is 5.69 Å². The van der Waals surface area contributed by atoms with E-state index in [2.05, 4.69) is 9.97 Å². The molecule has 1 N–H and O–H groups in total. The first-order valence-electron chi connectivity index (χ1n) is 3.82. The third-order valence-corrected chi connectivity index (χ3v) is 1.96. The standard InChI is InChI=1S/C8H8N2O2/c11-8(12)7-6(5-1-2-5)3-9-4-10-7/h3-5H,1-2H2,(H,11,12). The van der Waals surface area contributed by atoms with Gasteiger partial charge in [-0.2, -0.15) is 0 Å². The first kappa shape index (κ1) is 7.21. The third kappa shape index (κ3) is 1.15. The summed E-state index contributed by atoms with van der Waals surface area (Å²) in [4.78, 5) is 18.2. The van der Waals surface area contributed by atoms with Gasteiger partial charge in [-0.1, -0.05) is 0 Å². The van der Waals surface area contributed by atoms with Crippen LogP contribution in [0, 0.1) is 0 Å². The van der Waals surface area contributed by atoms with E-state index < -0.39 is 5.97 Å². The summed E-state index contributed by atoms with van der Waals surface area (Å²) in [6, 6.07) is 0. The summed E-state index contributed by atoms with van der Waals surface area (Å²) in [5.74, 6) is -0.573. The van der Waals surface area contributed by atoms with Gasteiger partial charge in [0.1, 0.15) is 6.33 Å². The van der Waals surface area contributed by atoms with E-state index in [0.29, 0.717) is 5.92 Å². The number of carbonyl (C=O) groups is 1. The highest BCUT2D eigenvalue weighted by atomic mass is 16.4. The van der Waals surface area contributed by atoms with E-state index in [9.17, 15) is 4.79 Å². The molecule has 0 unspecified atom stereocenters. The van der Waals surface area contributed by atoms with Crippen molar-refractivity contribution in [1.82, 2.24) is 9.97 Å².